The highest BCUT2D eigenvalue weighted by atomic mass is 14.8. The molecule has 0 saturated heterocycles. The van der Waals surface area contributed by atoms with Crippen molar-refractivity contribution in [1.82, 2.24) is 0 Å². The third-order valence-electron chi connectivity index (χ3n) is 3.62. The highest BCUT2D eigenvalue weighted by molar-refractivity contribution is 5.64. The summed E-state index contributed by atoms with van der Waals surface area (Å²) in [7, 11) is 0. The molecule has 0 fully saturated rings. The van der Waals surface area contributed by atoms with Crippen molar-refractivity contribution in [1.29, 1.82) is 5.26 Å². The molecule has 2 nitrogen and oxygen atoms in total. The lowest BCUT2D eigenvalue weighted by Crippen LogP contribution is -1.98. The molecule has 0 amide bonds. The van der Waals surface area contributed by atoms with E-state index in [1.54, 1.807) is 12.1 Å². The van der Waals surface area contributed by atoms with Crippen molar-refractivity contribution in [3.05, 3.63) is 90.0 Å². The molecule has 3 aromatic carbocycles. The maximum atomic E-state index is 8.77. The number of hydrogen-bond acceptors (Lipinski definition) is 2. The van der Waals surface area contributed by atoms with Crippen molar-refractivity contribution in [3.8, 4) is 29.0 Å². The van der Waals surface area contributed by atoms with Gasteiger partial charge < -0.3 is 5.32 Å². The molecule has 3 rings (SSSR count). The Bertz CT molecular complexity index is 891. The molecule has 0 saturated carbocycles. The molecule has 0 atom stereocenters. The predicted molar refractivity (Wildman–Crippen MR) is 98.4 cm³/mol. The zero-order chi connectivity index (χ0) is 16.6. The number of nitriles is 1. The van der Waals surface area contributed by atoms with E-state index in [9.17, 15) is 0 Å². The van der Waals surface area contributed by atoms with Gasteiger partial charge in [0.15, 0.2) is 0 Å². The zero-order valence-corrected chi connectivity index (χ0v) is 13.2. The summed E-state index contributed by atoms with van der Waals surface area (Å²) >= 11 is 0. The Kier molecular flexibility index (Phi) is 4.93. The monoisotopic (exact) mass is 308 g/mol. The van der Waals surface area contributed by atoms with Crippen LogP contribution in [0.25, 0.3) is 11.1 Å². The Hall–Kier alpha value is -3.49. The van der Waals surface area contributed by atoms with Gasteiger partial charge >= 0.3 is 0 Å². The van der Waals surface area contributed by atoms with Crippen LogP contribution >= 0.6 is 0 Å². The summed E-state index contributed by atoms with van der Waals surface area (Å²) in [5, 5.41) is 12.0. The summed E-state index contributed by atoms with van der Waals surface area (Å²) in [5.74, 6) is 6.26. The Labute approximate surface area is 142 Å². The molecule has 0 aromatic heterocycles. The van der Waals surface area contributed by atoms with Gasteiger partial charge in [0.2, 0.25) is 0 Å². The van der Waals surface area contributed by atoms with E-state index in [-0.39, 0.29) is 0 Å². The first-order valence-corrected chi connectivity index (χ1v) is 7.73. The van der Waals surface area contributed by atoms with Crippen molar-refractivity contribution < 1.29 is 0 Å². The van der Waals surface area contributed by atoms with Crippen LogP contribution in [-0.4, -0.2) is 6.54 Å². The summed E-state index contributed by atoms with van der Waals surface area (Å²) < 4.78 is 0. The Morgan fingerprint density at radius 3 is 2.00 bits per heavy atom. The molecule has 3 aromatic rings. The van der Waals surface area contributed by atoms with Gasteiger partial charge in [-0.05, 0) is 47.5 Å². The fourth-order valence-electron chi connectivity index (χ4n) is 2.33. The maximum absolute atomic E-state index is 8.77. The Balaban J connectivity index is 1.58. The fraction of sp³-hybridized carbons (Fsp3) is 0.0455. The minimum atomic E-state index is 0.562. The molecular formula is C22H16N2. The average Bonchev–Trinajstić information content (AvgIpc) is 2.67. The van der Waals surface area contributed by atoms with Gasteiger partial charge in [0.05, 0.1) is 18.2 Å². The molecule has 2 heteroatoms. The minimum absolute atomic E-state index is 0.562. The molecule has 0 aliphatic heterocycles. The second-order valence-electron chi connectivity index (χ2n) is 5.29. The Morgan fingerprint density at radius 2 is 1.33 bits per heavy atom. The van der Waals surface area contributed by atoms with E-state index in [1.165, 1.54) is 11.1 Å². The maximum Gasteiger partial charge on any atom is 0.0991 e. The topological polar surface area (TPSA) is 35.8 Å². The summed E-state index contributed by atoms with van der Waals surface area (Å²) in [6.45, 7) is 0.562. The van der Waals surface area contributed by atoms with Crippen molar-refractivity contribution in [2.24, 2.45) is 0 Å². The van der Waals surface area contributed by atoms with Gasteiger partial charge in [0.25, 0.3) is 0 Å². The van der Waals surface area contributed by atoms with E-state index in [2.05, 4.69) is 47.5 Å². The fourth-order valence-corrected chi connectivity index (χ4v) is 2.33. The van der Waals surface area contributed by atoms with Gasteiger partial charge in [-0.25, -0.2) is 0 Å². The number of rotatable bonds is 3. The van der Waals surface area contributed by atoms with Crippen LogP contribution in [0.1, 0.15) is 11.1 Å². The largest absolute Gasteiger partial charge is 0.374 e. The van der Waals surface area contributed by atoms with Crippen LogP contribution in [0, 0.1) is 23.2 Å². The van der Waals surface area contributed by atoms with E-state index >= 15 is 0 Å². The van der Waals surface area contributed by atoms with Gasteiger partial charge in [-0.2, -0.15) is 5.26 Å². The van der Waals surface area contributed by atoms with Crippen LogP contribution in [0.15, 0.2) is 78.9 Å². The lowest BCUT2D eigenvalue weighted by atomic mass is 10.0. The molecule has 0 spiro atoms. The summed E-state index contributed by atoms with van der Waals surface area (Å²) in [6.07, 6.45) is 0. The summed E-state index contributed by atoms with van der Waals surface area (Å²) in [6, 6.07) is 28.0. The Morgan fingerprint density at radius 1 is 0.708 bits per heavy atom. The normalized spacial score (nSPS) is 9.46. The lowest BCUT2D eigenvalue weighted by molar-refractivity contribution is 1.37. The lowest BCUT2D eigenvalue weighted by Gasteiger charge is -2.02. The van der Waals surface area contributed by atoms with Crippen LogP contribution < -0.4 is 5.32 Å². The molecule has 1 N–H and O–H groups in total. The van der Waals surface area contributed by atoms with Crippen molar-refractivity contribution in [2.45, 2.75) is 0 Å². The molecule has 24 heavy (non-hydrogen) atoms. The molecule has 114 valence electrons. The van der Waals surface area contributed by atoms with E-state index < -0.39 is 0 Å². The second kappa shape index (κ2) is 7.68. The van der Waals surface area contributed by atoms with Gasteiger partial charge in [0, 0.05) is 11.3 Å². The molecule has 0 bridgehead atoms. The number of nitrogens with zero attached hydrogens (tertiary/aromatic N) is 1. The molecule has 0 aliphatic carbocycles. The van der Waals surface area contributed by atoms with Gasteiger partial charge in [-0.1, -0.05) is 54.3 Å². The van der Waals surface area contributed by atoms with E-state index in [0.717, 1.165) is 11.3 Å². The highest BCUT2D eigenvalue weighted by Gasteiger charge is 1.95. The molecule has 0 heterocycles. The number of anilines is 1. The zero-order valence-electron chi connectivity index (χ0n) is 13.2. The van der Waals surface area contributed by atoms with Crippen molar-refractivity contribution in [2.75, 3.05) is 11.9 Å². The van der Waals surface area contributed by atoms with Crippen LogP contribution in [0.5, 0.6) is 0 Å². The number of benzene rings is 3. The quantitative estimate of drug-likeness (QED) is 0.713. The van der Waals surface area contributed by atoms with E-state index in [1.807, 2.05) is 42.5 Å². The second-order valence-corrected chi connectivity index (χ2v) is 5.29. The molecular weight excluding hydrogens is 292 g/mol. The third-order valence-corrected chi connectivity index (χ3v) is 3.62. The summed E-state index contributed by atoms with van der Waals surface area (Å²) in [4.78, 5) is 0. The number of hydrogen-bond donors (Lipinski definition) is 1. The van der Waals surface area contributed by atoms with Gasteiger partial charge in [0.1, 0.15) is 0 Å². The first kappa shape index (κ1) is 15.4. The van der Waals surface area contributed by atoms with Crippen LogP contribution in [0.3, 0.4) is 0 Å². The standard InChI is InChI=1S/C22H16N2/c23-17-19-10-14-22(15-11-19)24-16-4-5-18-8-12-21(13-9-18)20-6-2-1-3-7-20/h1-3,6-15,24H,16H2. The van der Waals surface area contributed by atoms with Crippen molar-refractivity contribution in [3.63, 3.8) is 0 Å². The van der Waals surface area contributed by atoms with Crippen molar-refractivity contribution >= 4 is 5.69 Å². The molecule has 0 aliphatic rings. The average molecular weight is 308 g/mol. The van der Waals surface area contributed by atoms with Crippen LogP contribution in [-0.2, 0) is 0 Å². The third kappa shape index (κ3) is 4.03. The van der Waals surface area contributed by atoms with Crippen LogP contribution in [0.4, 0.5) is 5.69 Å². The number of nitrogens with one attached hydrogen (secondary N) is 1. The molecule has 0 unspecified atom stereocenters. The highest BCUT2D eigenvalue weighted by Crippen LogP contribution is 2.18. The first-order valence-electron chi connectivity index (χ1n) is 7.73. The van der Waals surface area contributed by atoms with Gasteiger partial charge in [-0.15, -0.1) is 0 Å². The van der Waals surface area contributed by atoms with Crippen LogP contribution in [0.2, 0.25) is 0 Å². The first-order chi connectivity index (χ1) is 11.8. The summed E-state index contributed by atoms with van der Waals surface area (Å²) in [5.41, 5.74) is 5.01. The SMILES string of the molecule is N#Cc1ccc(NCC#Cc2ccc(-c3ccccc3)cc2)cc1. The smallest absolute Gasteiger partial charge is 0.0991 e. The van der Waals surface area contributed by atoms with E-state index in [0.29, 0.717) is 12.1 Å². The van der Waals surface area contributed by atoms with Gasteiger partial charge in [-0.3, -0.25) is 0 Å². The molecule has 0 radical (unpaired) electrons. The minimum Gasteiger partial charge on any atom is -0.374 e. The predicted octanol–water partition coefficient (Wildman–Crippen LogP) is 4.69. The van der Waals surface area contributed by atoms with E-state index in [4.69, 9.17) is 5.26 Å².